The van der Waals surface area contributed by atoms with Gasteiger partial charge in [-0.25, -0.2) is 0 Å². The molecule has 1 atom stereocenters. The molecule has 0 bridgehead atoms. The van der Waals surface area contributed by atoms with Crippen molar-refractivity contribution in [2.24, 2.45) is 0 Å². The number of halogens is 1. The molecule has 3 rings (SSSR count). The first-order chi connectivity index (χ1) is 10.6. The molecule has 22 heavy (non-hydrogen) atoms. The number of anilines is 1. The molecule has 1 saturated heterocycles. The maximum atomic E-state index is 12.3. The largest absolute Gasteiger partial charge is 0.368 e. The molecule has 5 nitrogen and oxygen atoms in total. The van der Waals surface area contributed by atoms with Gasteiger partial charge in [-0.1, -0.05) is 28.2 Å². The van der Waals surface area contributed by atoms with Crippen molar-refractivity contribution < 1.29 is 4.79 Å². The highest BCUT2D eigenvalue weighted by molar-refractivity contribution is 7.08. The number of nitrogens with zero attached hydrogens (tertiary/aromatic N) is 3. The standard InChI is InChI=1S/C15H17ClN4OS/c1-10-14(22-19-18-10)15(21)17-11-5-4-8-20(9-11)13-7-3-2-6-12(13)16/h2-3,6-7,11H,4-5,8-9H2,1H3,(H,17,21). The predicted molar refractivity (Wildman–Crippen MR) is 88.8 cm³/mol. The molecule has 1 fully saturated rings. The molecule has 2 heterocycles. The molecule has 1 aliphatic heterocycles. The van der Waals surface area contributed by atoms with Crippen LogP contribution >= 0.6 is 23.1 Å². The molecule has 0 spiro atoms. The van der Waals surface area contributed by atoms with E-state index in [2.05, 4.69) is 19.8 Å². The summed E-state index contributed by atoms with van der Waals surface area (Å²) >= 11 is 7.41. The monoisotopic (exact) mass is 336 g/mol. The third-order valence-electron chi connectivity index (χ3n) is 3.81. The summed E-state index contributed by atoms with van der Waals surface area (Å²) in [4.78, 5) is 15.1. The topological polar surface area (TPSA) is 58.1 Å². The number of para-hydroxylation sites is 1. The van der Waals surface area contributed by atoms with Crippen LogP contribution in [0.3, 0.4) is 0 Å². The van der Waals surface area contributed by atoms with Gasteiger partial charge in [0.05, 0.1) is 16.4 Å². The van der Waals surface area contributed by atoms with Gasteiger partial charge >= 0.3 is 0 Å². The second-order valence-electron chi connectivity index (χ2n) is 5.40. The lowest BCUT2D eigenvalue weighted by Gasteiger charge is -2.35. The van der Waals surface area contributed by atoms with E-state index >= 15 is 0 Å². The maximum Gasteiger partial charge on any atom is 0.265 e. The van der Waals surface area contributed by atoms with E-state index in [0.717, 1.165) is 48.2 Å². The van der Waals surface area contributed by atoms with E-state index in [0.29, 0.717) is 10.6 Å². The van der Waals surface area contributed by atoms with Gasteiger partial charge in [0.1, 0.15) is 4.88 Å². The number of aromatic nitrogens is 2. The Morgan fingerprint density at radius 2 is 2.27 bits per heavy atom. The van der Waals surface area contributed by atoms with E-state index in [9.17, 15) is 4.79 Å². The summed E-state index contributed by atoms with van der Waals surface area (Å²) in [5.74, 6) is -0.0847. The third-order valence-corrected chi connectivity index (χ3v) is 4.95. The summed E-state index contributed by atoms with van der Waals surface area (Å²) in [5, 5.41) is 7.72. The maximum absolute atomic E-state index is 12.3. The van der Waals surface area contributed by atoms with Crippen molar-refractivity contribution in [2.75, 3.05) is 18.0 Å². The third kappa shape index (κ3) is 3.23. The summed E-state index contributed by atoms with van der Waals surface area (Å²) < 4.78 is 3.81. The van der Waals surface area contributed by atoms with Crippen LogP contribution in [-0.2, 0) is 0 Å². The fraction of sp³-hybridized carbons (Fsp3) is 0.400. The lowest BCUT2D eigenvalue weighted by atomic mass is 10.0. The molecule has 7 heteroatoms. The molecule has 1 unspecified atom stereocenters. The highest BCUT2D eigenvalue weighted by atomic mass is 35.5. The van der Waals surface area contributed by atoms with Crippen molar-refractivity contribution >= 4 is 34.7 Å². The minimum Gasteiger partial charge on any atom is -0.368 e. The predicted octanol–water partition coefficient (Wildman–Crippen LogP) is 2.90. The van der Waals surface area contributed by atoms with Crippen LogP contribution < -0.4 is 10.2 Å². The number of hydrogen-bond acceptors (Lipinski definition) is 5. The molecule has 1 aromatic heterocycles. The summed E-state index contributed by atoms with van der Waals surface area (Å²) in [6, 6.07) is 7.93. The fourth-order valence-electron chi connectivity index (χ4n) is 2.71. The van der Waals surface area contributed by atoms with E-state index in [-0.39, 0.29) is 11.9 Å². The molecule has 0 saturated carbocycles. The van der Waals surface area contributed by atoms with Gasteiger partial charge < -0.3 is 10.2 Å². The van der Waals surface area contributed by atoms with Crippen LogP contribution in [0.2, 0.25) is 5.02 Å². The Labute approximate surface area is 138 Å². The summed E-state index contributed by atoms with van der Waals surface area (Å²) in [6.45, 7) is 3.52. The first-order valence-electron chi connectivity index (χ1n) is 7.24. The van der Waals surface area contributed by atoms with E-state index in [4.69, 9.17) is 11.6 Å². The summed E-state index contributed by atoms with van der Waals surface area (Å²) in [6.07, 6.45) is 1.99. The van der Waals surface area contributed by atoms with Crippen molar-refractivity contribution in [1.82, 2.24) is 14.9 Å². The van der Waals surface area contributed by atoms with Gasteiger partial charge in [0.2, 0.25) is 0 Å². The highest BCUT2D eigenvalue weighted by Gasteiger charge is 2.24. The molecule has 0 radical (unpaired) electrons. The van der Waals surface area contributed by atoms with Gasteiger partial charge in [-0.2, -0.15) is 0 Å². The molecular formula is C15H17ClN4OS. The average molecular weight is 337 g/mol. The van der Waals surface area contributed by atoms with Gasteiger partial charge in [-0.05, 0) is 43.4 Å². The van der Waals surface area contributed by atoms with E-state index in [1.165, 1.54) is 0 Å². The molecule has 1 N–H and O–H groups in total. The van der Waals surface area contributed by atoms with Gasteiger partial charge in [-0.15, -0.1) is 5.10 Å². The zero-order chi connectivity index (χ0) is 15.5. The number of piperidine rings is 1. The van der Waals surface area contributed by atoms with Crippen LogP contribution in [0.25, 0.3) is 0 Å². The molecule has 1 aliphatic rings. The zero-order valence-electron chi connectivity index (χ0n) is 12.3. The Morgan fingerprint density at radius 3 is 3.00 bits per heavy atom. The highest BCUT2D eigenvalue weighted by Crippen LogP contribution is 2.27. The van der Waals surface area contributed by atoms with Gasteiger partial charge in [0.15, 0.2) is 0 Å². The SMILES string of the molecule is Cc1nnsc1C(=O)NC1CCCN(c2ccccc2Cl)C1. The van der Waals surface area contributed by atoms with Crippen molar-refractivity contribution in [1.29, 1.82) is 0 Å². The first-order valence-corrected chi connectivity index (χ1v) is 8.39. The van der Waals surface area contributed by atoms with Gasteiger partial charge in [0, 0.05) is 19.1 Å². The number of amides is 1. The van der Waals surface area contributed by atoms with Gasteiger partial charge in [-0.3, -0.25) is 4.79 Å². The normalized spacial score (nSPS) is 18.3. The number of carbonyl (C=O) groups excluding carboxylic acids is 1. The fourth-order valence-corrected chi connectivity index (χ4v) is 3.53. The number of carbonyl (C=O) groups is 1. The molecule has 0 aliphatic carbocycles. The van der Waals surface area contributed by atoms with Crippen LogP contribution in [0.4, 0.5) is 5.69 Å². The van der Waals surface area contributed by atoms with Crippen LogP contribution in [0.1, 0.15) is 28.2 Å². The number of nitrogens with one attached hydrogen (secondary N) is 1. The number of aryl methyl sites for hydroxylation is 1. The number of hydrogen-bond donors (Lipinski definition) is 1. The van der Waals surface area contributed by atoms with Crippen LogP contribution in [0.5, 0.6) is 0 Å². The smallest absolute Gasteiger partial charge is 0.265 e. The Kier molecular flexibility index (Phi) is 4.59. The number of rotatable bonds is 3. The zero-order valence-corrected chi connectivity index (χ0v) is 13.8. The first kappa shape index (κ1) is 15.2. The van der Waals surface area contributed by atoms with E-state index in [1.54, 1.807) is 6.92 Å². The van der Waals surface area contributed by atoms with E-state index < -0.39 is 0 Å². The molecule has 1 amide bonds. The summed E-state index contributed by atoms with van der Waals surface area (Å²) in [5.41, 5.74) is 1.71. The van der Waals surface area contributed by atoms with Crippen LogP contribution in [-0.4, -0.2) is 34.6 Å². The van der Waals surface area contributed by atoms with E-state index in [1.807, 2.05) is 24.3 Å². The summed E-state index contributed by atoms with van der Waals surface area (Å²) in [7, 11) is 0. The molecule has 2 aromatic rings. The second-order valence-corrected chi connectivity index (χ2v) is 6.56. The van der Waals surface area contributed by atoms with Crippen molar-refractivity contribution in [3.63, 3.8) is 0 Å². The Hall–Kier alpha value is -1.66. The molecule has 1 aromatic carbocycles. The van der Waals surface area contributed by atoms with Crippen LogP contribution in [0.15, 0.2) is 24.3 Å². The van der Waals surface area contributed by atoms with Crippen molar-refractivity contribution in [3.8, 4) is 0 Å². The number of benzene rings is 1. The second kappa shape index (κ2) is 6.62. The Bertz CT molecular complexity index is 675. The van der Waals surface area contributed by atoms with Crippen molar-refractivity contribution in [2.45, 2.75) is 25.8 Å². The Balaban J connectivity index is 1.68. The van der Waals surface area contributed by atoms with Crippen molar-refractivity contribution in [3.05, 3.63) is 39.9 Å². The van der Waals surface area contributed by atoms with Gasteiger partial charge in [0.25, 0.3) is 5.91 Å². The van der Waals surface area contributed by atoms with Crippen LogP contribution in [0, 0.1) is 6.92 Å². The molecule has 116 valence electrons. The quantitative estimate of drug-likeness (QED) is 0.936. The lowest BCUT2D eigenvalue weighted by molar-refractivity contribution is 0.0936. The lowest BCUT2D eigenvalue weighted by Crippen LogP contribution is -2.47. The average Bonchev–Trinajstić information content (AvgIpc) is 2.94. The minimum absolute atomic E-state index is 0.0847. The Morgan fingerprint density at radius 1 is 1.45 bits per heavy atom. The molecular weight excluding hydrogens is 320 g/mol. The minimum atomic E-state index is -0.0847.